The molecule has 0 radical (unpaired) electrons. The number of aromatic nitrogens is 3. The second-order valence-electron chi connectivity index (χ2n) is 7.36. The molecule has 1 saturated carbocycles. The third-order valence-electron chi connectivity index (χ3n) is 5.23. The fourth-order valence-electron chi connectivity index (χ4n) is 3.39. The molecule has 0 aliphatic heterocycles. The van der Waals surface area contributed by atoms with E-state index in [-0.39, 0.29) is 24.2 Å². The Morgan fingerprint density at radius 2 is 1.86 bits per heavy atom. The summed E-state index contributed by atoms with van der Waals surface area (Å²) in [5, 5.41) is 7.54. The van der Waals surface area contributed by atoms with Gasteiger partial charge in [-0.15, -0.1) is 5.10 Å². The van der Waals surface area contributed by atoms with Crippen LogP contribution in [0.4, 0.5) is 0 Å². The monoisotopic (exact) mass is 392 g/mol. The Morgan fingerprint density at radius 3 is 2.48 bits per heavy atom. The Hall–Kier alpha value is -3.35. The predicted octanol–water partition coefficient (Wildman–Crippen LogP) is 2.62. The second kappa shape index (κ2) is 7.95. The topological polar surface area (TPSA) is 78.2 Å². The van der Waals surface area contributed by atoms with Gasteiger partial charge >= 0.3 is 5.69 Å². The van der Waals surface area contributed by atoms with E-state index < -0.39 is 0 Å². The van der Waals surface area contributed by atoms with E-state index in [0.717, 1.165) is 18.4 Å². The number of carbonyl (C=O) groups excluding carboxylic acids is 1. The first kappa shape index (κ1) is 19.0. The van der Waals surface area contributed by atoms with Crippen molar-refractivity contribution in [2.45, 2.75) is 32.4 Å². The van der Waals surface area contributed by atoms with Crippen LogP contribution in [0.3, 0.4) is 0 Å². The second-order valence-corrected chi connectivity index (χ2v) is 7.36. The molecule has 1 atom stereocenters. The number of benzene rings is 2. The van der Waals surface area contributed by atoms with Gasteiger partial charge in [-0.05, 0) is 49.9 Å². The van der Waals surface area contributed by atoms with Crippen LogP contribution in [0.2, 0.25) is 0 Å². The fourth-order valence-corrected chi connectivity index (χ4v) is 3.39. The molecule has 1 N–H and O–H groups in total. The molecule has 3 aromatic rings. The van der Waals surface area contributed by atoms with E-state index in [2.05, 4.69) is 10.4 Å². The van der Waals surface area contributed by atoms with E-state index >= 15 is 0 Å². The Labute approximate surface area is 168 Å². The van der Waals surface area contributed by atoms with Crippen LogP contribution in [0.5, 0.6) is 5.75 Å². The third kappa shape index (κ3) is 4.08. The van der Waals surface area contributed by atoms with Crippen LogP contribution in [0.25, 0.3) is 17.1 Å². The van der Waals surface area contributed by atoms with Crippen molar-refractivity contribution in [2.24, 2.45) is 5.92 Å². The van der Waals surface area contributed by atoms with Crippen molar-refractivity contribution in [2.75, 3.05) is 7.11 Å². The van der Waals surface area contributed by atoms with E-state index in [4.69, 9.17) is 4.74 Å². The van der Waals surface area contributed by atoms with Crippen LogP contribution in [0, 0.1) is 5.92 Å². The SMILES string of the molecule is COc1ccc(-n2nc(-c3ccccc3)n(CC(=O)NC(C)C3CC3)c2=O)cc1. The first-order valence-electron chi connectivity index (χ1n) is 9.76. The average molecular weight is 392 g/mol. The van der Waals surface area contributed by atoms with Crippen LogP contribution >= 0.6 is 0 Å². The molecule has 7 heteroatoms. The van der Waals surface area contributed by atoms with Gasteiger partial charge in [0.2, 0.25) is 5.91 Å². The Morgan fingerprint density at radius 1 is 1.17 bits per heavy atom. The fraction of sp³-hybridized carbons (Fsp3) is 0.318. The minimum Gasteiger partial charge on any atom is -0.497 e. The summed E-state index contributed by atoms with van der Waals surface area (Å²) in [5.74, 6) is 1.52. The minimum absolute atomic E-state index is 0.0731. The molecule has 0 bridgehead atoms. The Kier molecular flexibility index (Phi) is 5.20. The van der Waals surface area contributed by atoms with E-state index in [0.29, 0.717) is 23.2 Å². The van der Waals surface area contributed by atoms with Crippen LogP contribution in [-0.2, 0) is 11.3 Å². The van der Waals surface area contributed by atoms with Crippen LogP contribution < -0.4 is 15.7 Å². The molecule has 1 heterocycles. The highest BCUT2D eigenvalue weighted by atomic mass is 16.5. The zero-order chi connectivity index (χ0) is 20.4. The molecule has 29 heavy (non-hydrogen) atoms. The van der Waals surface area contributed by atoms with Gasteiger partial charge in [-0.1, -0.05) is 30.3 Å². The lowest BCUT2D eigenvalue weighted by molar-refractivity contribution is -0.122. The minimum atomic E-state index is -0.358. The van der Waals surface area contributed by atoms with Crippen LogP contribution in [0.1, 0.15) is 19.8 Å². The molecule has 1 aliphatic carbocycles. The van der Waals surface area contributed by atoms with Gasteiger partial charge in [-0.3, -0.25) is 9.36 Å². The zero-order valence-electron chi connectivity index (χ0n) is 16.5. The molecule has 1 unspecified atom stereocenters. The molecule has 2 aromatic carbocycles. The maximum Gasteiger partial charge on any atom is 0.351 e. The highest BCUT2D eigenvalue weighted by Crippen LogP contribution is 2.32. The molecule has 4 rings (SSSR count). The summed E-state index contributed by atoms with van der Waals surface area (Å²) < 4.78 is 7.93. The highest BCUT2D eigenvalue weighted by molar-refractivity contribution is 5.76. The van der Waals surface area contributed by atoms with E-state index in [1.54, 1.807) is 31.4 Å². The zero-order valence-corrected chi connectivity index (χ0v) is 16.5. The van der Waals surface area contributed by atoms with Crippen molar-refractivity contribution in [3.8, 4) is 22.8 Å². The van der Waals surface area contributed by atoms with Crippen molar-refractivity contribution in [3.05, 3.63) is 65.1 Å². The Balaban J connectivity index is 1.70. The summed E-state index contributed by atoms with van der Waals surface area (Å²) in [6.07, 6.45) is 2.29. The molecule has 1 amide bonds. The van der Waals surface area contributed by atoms with Gasteiger partial charge < -0.3 is 10.1 Å². The quantitative estimate of drug-likeness (QED) is 0.670. The van der Waals surface area contributed by atoms with Crippen molar-refractivity contribution in [1.29, 1.82) is 0 Å². The summed E-state index contributed by atoms with van der Waals surface area (Å²) >= 11 is 0. The molecular weight excluding hydrogens is 368 g/mol. The molecule has 1 fully saturated rings. The highest BCUT2D eigenvalue weighted by Gasteiger charge is 2.29. The number of ether oxygens (including phenoxy) is 1. The number of hydrogen-bond acceptors (Lipinski definition) is 4. The molecule has 1 aromatic heterocycles. The predicted molar refractivity (Wildman–Crippen MR) is 110 cm³/mol. The smallest absolute Gasteiger partial charge is 0.351 e. The summed E-state index contributed by atoms with van der Waals surface area (Å²) in [4.78, 5) is 25.7. The molecule has 0 saturated heterocycles. The van der Waals surface area contributed by atoms with Gasteiger partial charge in [0.25, 0.3) is 0 Å². The largest absolute Gasteiger partial charge is 0.497 e. The van der Waals surface area contributed by atoms with Crippen LogP contribution in [0.15, 0.2) is 59.4 Å². The summed E-state index contributed by atoms with van der Waals surface area (Å²) in [7, 11) is 1.59. The lowest BCUT2D eigenvalue weighted by Gasteiger charge is -2.13. The average Bonchev–Trinajstić information content (AvgIpc) is 3.55. The van der Waals surface area contributed by atoms with Gasteiger partial charge in [-0.2, -0.15) is 4.68 Å². The molecular formula is C22H24N4O3. The molecule has 1 aliphatic rings. The molecule has 150 valence electrons. The maximum atomic E-state index is 13.1. The maximum absolute atomic E-state index is 13.1. The van der Waals surface area contributed by atoms with Gasteiger partial charge in [0.05, 0.1) is 12.8 Å². The Bertz CT molecular complexity index is 1050. The summed E-state index contributed by atoms with van der Waals surface area (Å²) in [5.41, 5.74) is 1.03. The molecule has 7 nitrogen and oxygen atoms in total. The first-order valence-corrected chi connectivity index (χ1v) is 9.76. The van der Waals surface area contributed by atoms with E-state index in [1.807, 2.05) is 37.3 Å². The summed E-state index contributed by atoms with van der Waals surface area (Å²) in [6, 6.07) is 16.6. The lowest BCUT2D eigenvalue weighted by atomic mass is 10.2. The van der Waals surface area contributed by atoms with Gasteiger partial charge in [-0.25, -0.2) is 4.79 Å². The number of hydrogen-bond donors (Lipinski definition) is 1. The standard InChI is InChI=1S/C22H24N4O3/c1-15(16-8-9-16)23-20(27)14-25-21(17-6-4-3-5-7-17)24-26(22(25)28)18-10-12-19(29-2)13-11-18/h3-7,10-13,15-16H,8-9,14H2,1-2H3,(H,23,27). The van der Waals surface area contributed by atoms with Crippen molar-refractivity contribution in [3.63, 3.8) is 0 Å². The van der Waals surface area contributed by atoms with Crippen LogP contribution in [-0.4, -0.2) is 33.4 Å². The summed E-state index contributed by atoms with van der Waals surface area (Å²) in [6.45, 7) is 1.94. The van der Waals surface area contributed by atoms with Crippen molar-refractivity contribution in [1.82, 2.24) is 19.7 Å². The number of nitrogens with one attached hydrogen (secondary N) is 1. The van der Waals surface area contributed by atoms with E-state index in [1.165, 1.54) is 9.25 Å². The van der Waals surface area contributed by atoms with Gasteiger partial charge in [0, 0.05) is 11.6 Å². The van der Waals surface area contributed by atoms with Gasteiger partial charge in [0.15, 0.2) is 5.82 Å². The third-order valence-corrected chi connectivity index (χ3v) is 5.23. The molecule has 0 spiro atoms. The number of nitrogens with zero attached hydrogens (tertiary/aromatic N) is 3. The van der Waals surface area contributed by atoms with E-state index in [9.17, 15) is 9.59 Å². The number of rotatable bonds is 7. The van der Waals surface area contributed by atoms with Crippen molar-refractivity contribution >= 4 is 5.91 Å². The number of methoxy groups -OCH3 is 1. The van der Waals surface area contributed by atoms with Gasteiger partial charge in [0.1, 0.15) is 12.3 Å². The lowest BCUT2D eigenvalue weighted by Crippen LogP contribution is -2.38. The number of amides is 1. The normalized spacial score (nSPS) is 14.4. The first-order chi connectivity index (χ1) is 14.1. The van der Waals surface area contributed by atoms with Crippen molar-refractivity contribution < 1.29 is 9.53 Å². The number of carbonyl (C=O) groups is 1.